The molecule has 0 saturated heterocycles. The van der Waals surface area contributed by atoms with Crippen LogP contribution in [0.2, 0.25) is 0 Å². The topological polar surface area (TPSA) is 78.3 Å². The number of ether oxygens (including phenoxy) is 1. The van der Waals surface area contributed by atoms with Crippen molar-refractivity contribution < 1.29 is 9.53 Å². The van der Waals surface area contributed by atoms with E-state index in [2.05, 4.69) is 13.8 Å². The van der Waals surface area contributed by atoms with Crippen LogP contribution >= 0.6 is 0 Å². The molecular formula is C15H22N2O2. The number of carbonyl (C=O) groups is 1. The molecular weight excluding hydrogens is 240 g/mol. The number of rotatable bonds is 3. The van der Waals surface area contributed by atoms with E-state index >= 15 is 0 Å². The monoisotopic (exact) mass is 262 g/mol. The SMILES string of the molecule is CC1(C)CCC(Oc2ccc(C(N)=O)cc2N)CC1. The third-order valence-electron chi connectivity index (χ3n) is 3.87. The van der Waals surface area contributed by atoms with Crippen molar-refractivity contribution in [2.75, 3.05) is 5.73 Å². The minimum Gasteiger partial charge on any atom is -0.488 e. The van der Waals surface area contributed by atoms with E-state index in [0.29, 0.717) is 22.4 Å². The lowest BCUT2D eigenvalue weighted by molar-refractivity contribution is 0.0988. The molecule has 19 heavy (non-hydrogen) atoms. The number of primary amides is 1. The first kappa shape index (κ1) is 13.7. The number of anilines is 1. The largest absolute Gasteiger partial charge is 0.488 e. The Morgan fingerprint density at radius 3 is 2.47 bits per heavy atom. The van der Waals surface area contributed by atoms with E-state index < -0.39 is 5.91 Å². The number of hydrogen-bond donors (Lipinski definition) is 2. The molecule has 0 aliphatic heterocycles. The van der Waals surface area contributed by atoms with Crippen molar-refractivity contribution in [1.82, 2.24) is 0 Å². The van der Waals surface area contributed by atoms with Crippen LogP contribution in [0.4, 0.5) is 5.69 Å². The second kappa shape index (κ2) is 5.11. The van der Waals surface area contributed by atoms with Crippen molar-refractivity contribution >= 4 is 11.6 Å². The fourth-order valence-electron chi connectivity index (χ4n) is 2.48. The summed E-state index contributed by atoms with van der Waals surface area (Å²) in [5.74, 6) is 0.173. The van der Waals surface area contributed by atoms with Crippen molar-refractivity contribution in [3.05, 3.63) is 23.8 Å². The van der Waals surface area contributed by atoms with Crippen LogP contribution in [-0.4, -0.2) is 12.0 Å². The molecule has 1 saturated carbocycles. The zero-order valence-electron chi connectivity index (χ0n) is 11.6. The van der Waals surface area contributed by atoms with Gasteiger partial charge in [-0.25, -0.2) is 0 Å². The van der Waals surface area contributed by atoms with E-state index in [-0.39, 0.29) is 6.10 Å². The maximum Gasteiger partial charge on any atom is 0.248 e. The fraction of sp³-hybridized carbons (Fsp3) is 0.533. The summed E-state index contributed by atoms with van der Waals surface area (Å²) < 4.78 is 5.94. The van der Waals surface area contributed by atoms with Gasteiger partial charge >= 0.3 is 0 Å². The number of nitrogen functional groups attached to an aromatic ring is 1. The summed E-state index contributed by atoms with van der Waals surface area (Å²) in [5.41, 5.74) is 12.4. The molecule has 1 aliphatic rings. The molecule has 4 heteroatoms. The molecule has 1 aromatic rings. The lowest BCUT2D eigenvalue weighted by Gasteiger charge is -2.34. The zero-order chi connectivity index (χ0) is 14.0. The van der Waals surface area contributed by atoms with Crippen LogP contribution in [0.25, 0.3) is 0 Å². The lowest BCUT2D eigenvalue weighted by Crippen LogP contribution is -2.28. The van der Waals surface area contributed by atoms with Gasteiger partial charge in [0.2, 0.25) is 5.91 Å². The van der Waals surface area contributed by atoms with E-state index in [1.165, 1.54) is 0 Å². The summed E-state index contributed by atoms with van der Waals surface area (Å²) in [7, 11) is 0. The third kappa shape index (κ3) is 3.40. The predicted octanol–water partition coefficient (Wildman–Crippen LogP) is 2.72. The lowest BCUT2D eigenvalue weighted by atomic mass is 9.76. The highest BCUT2D eigenvalue weighted by Crippen LogP contribution is 2.37. The van der Waals surface area contributed by atoms with Crippen molar-refractivity contribution in [3.8, 4) is 5.75 Å². The Labute approximate surface area is 114 Å². The van der Waals surface area contributed by atoms with Gasteiger partial charge in [-0.15, -0.1) is 0 Å². The molecule has 1 aromatic carbocycles. The third-order valence-corrected chi connectivity index (χ3v) is 3.87. The summed E-state index contributed by atoms with van der Waals surface area (Å²) in [6.07, 6.45) is 4.64. The normalized spacial score (nSPS) is 19.1. The van der Waals surface area contributed by atoms with E-state index in [0.717, 1.165) is 25.7 Å². The number of amides is 1. The maximum atomic E-state index is 11.1. The van der Waals surface area contributed by atoms with E-state index in [9.17, 15) is 4.79 Å². The number of benzene rings is 1. The Kier molecular flexibility index (Phi) is 3.69. The van der Waals surface area contributed by atoms with Crippen LogP contribution in [0.5, 0.6) is 5.75 Å². The summed E-state index contributed by atoms with van der Waals surface area (Å²) >= 11 is 0. The number of nitrogens with two attached hydrogens (primary N) is 2. The minimum absolute atomic E-state index is 0.217. The Morgan fingerprint density at radius 2 is 1.95 bits per heavy atom. The predicted molar refractivity (Wildman–Crippen MR) is 76.0 cm³/mol. The van der Waals surface area contributed by atoms with Gasteiger partial charge in [-0.3, -0.25) is 4.79 Å². The zero-order valence-corrected chi connectivity index (χ0v) is 11.6. The summed E-state index contributed by atoms with van der Waals surface area (Å²) in [6, 6.07) is 4.96. The van der Waals surface area contributed by atoms with E-state index in [1.54, 1.807) is 18.2 Å². The first-order valence-corrected chi connectivity index (χ1v) is 6.73. The second-order valence-corrected chi connectivity index (χ2v) is 6.10. The average molecular weight is 262 g/mol. The molecule has 0 radical (unpaired) electrons. The van der Waals surface area contributed by atoms with Crippen LogP contribution in [0.15, 0.2) is 18.2 Å². The number of hydrogen-bond acceptors (Lipinski definition) is 3. The minimum atomic E-state index is -0.474. The molecule has 0 atom stereocenters. The van der Waals surface area contributed by atoms with Crippen molar-refractivity contribution in [3.63, 3.8) is 0 Å². The average Bonchev–Trinajstić information content (AvgIpc) is 2.34. The molecule has 0 spiro atoms. The molecule has 1 amide bonds. The van der Waals surface area contributed by atoms with E-state index in [4.69, 9.17) is 16.2 Å². The Balaban J connectivity index is 2.02. The van der Waals surface area contributed by atoms with Gasteiger partial charge in [0.1, 0.15) is 5.75 Å². The Hall–Kier alpha value is -1.71. The Morgan fingerprint density at radius 1 is 1.32 bits per heavy atom. The first-order valence-electron chi connectivity index (χ1n) is 6.73. The van der Waals surface area contributed by atoms with Gasteiger partial charge in [0.15, 0.2) is 0 Å². The van der Waals surface area contributed by atoms with Crippen molar-refractivity contribution in [1.29, 1.82) is 0 Å². The van der Waals surface area contributed by atoms with E-state index in [1.807, 2.05) is 0 Å². The highest BCUT2D eigenvalue weighted by molar-refractivity contribution is 5.94. The van der Waals surface area contributed by atoms with Gasteiger partial charge in [0.05, 0.1) is 11.8 Å². The van der Waals surface area contributed by atoms with Crippen molar-refractivity contribution in [2.45, 2.75) is 45.6 Å². The van der Waals surface area contributed by atoms with Crippen LogP contribution < -0.4 is 16.2 Å². The molecule has 0 unspecified atom stereocenters. The molecule has 1 fully saturated rings. The molecule has 4 nitrogen and oxygen atoms in total. The smallest absolute Gasteiger partial charge is 0.248 e. The van der Waals surface area contributed by atoms with Gasteiger partial charge in [0, 0.05) is 5.56 Å². The standard InChI is InChI=1S/C15H22N2O2/c1-15(2)7-5-11(6-8-15)19-13-4-3-10(14(17)18)9-12(13)16/h3-4,9,11H,5-8,16H2,1-2H3,(H2,17,18). The quantitative estimate of drug-likeness (QED) is 0.822. The van der Waals surface area contributed by atoms with Gasteiger partial charge < -0.3 is 16.2 Å². The van der Waals surface area contributed by atoms with Gasteiger partial charge in [-0.05, 0) is 49.3 Å². The summed E-state index contributed by atoms with van der Waals surface area (Å²) in [4.78, 5) is 11.1. The molecule has 2 rings (SSSR count). The van der Waals surface area contributed by atoms with Crippen LogP contribution in [0.1, 0.15) is 49.9 Å². The molecule has 4 N–H and O–H groups in total. The second-order valence-electron chi connectivity index (χ2n) is 6.10. The van der Waals surface area contributed by atoms with Gasteiger partial charge in [0.25, 0.3) is 0 Å². The molecule has 0 aromatic heterocycles. The summed E-state index contributed by atoms with van der Waals surface area (Å²) in [6.45, 7) is 4.58. The molecule has 0 heterocycles. The van der Waals surface area contributed by atoms with Gasteiger partial charge in [-0.1, -0.05) is 13.8 Å². The van der Waals surface area contributed by atoms with Crippen LogP contribution in [0.3, 0.4) is 0 Å². The Bertz CT molecular complexity index is 473. The van der Waals surface area contributed by atoms with Crippen LogP contribution in [-0.2, 0) is 0 Å². The fourth-order valence-corrected chi connectivity index (χ4v) is 2.48. The van der Waals surface area contributed by atoms with Crippen molar-refractivity contribution in [2.24, 2.45) is 11.1 Å². The van der Waals surface area contributed by atoms with Crippen LogP contribution in [0, 0.1) is 5.41 Å². The first-order chi connectivity index (χ1) is 8.87. The molecule has 0 bridgehead atoms. The molecule has 1 aliphatic carbocycles. The highest BCUT2D eigenvalue weighted by Gasteiger charge is 2.28. The molecule has 104 valence electrons. The highest BCUT2D eigenvalue weighted by atomic mass is 16.5. The number of carbonyl (C=O) groups excluding carboxylic acids is 1. The van der Waals surface area contributed by atoms with Gasteiger partial charge in [-0.2, -0.15) is 0 Å². The summed E-state index contributed by atoms with van der Waals surface area (Å²) in [5, 5.41) is 0. The maximum absolute atomic E-state index is 11.1.